The summed E-state index contributed by atoms with van der Waals surface area (Å²) in [5.74, 6) is -1.42. The van der Waals surface area contributed by atoms with Crippen LogP contribution >= 0.6 is 23.2 Å². The number of anilines is 1. The van der Waals surface area contributed by atoms with Gasteiger partial charge in [0, 0.05) is 36.9 Å². The van der Waals surface area contributed by atoms with E-state index in [-0.39, 0.29) is 16.6 Å². The van der Waals surface area contributed by atoms with Crippen LogP contribution in [0, 0.1) is 12.7 Å². The van der Waals surface area contributed by atoms with Crippen LogP contribution in [0.2, 0.25) is 10.2 Å². The van der Waals surface area contributed by atoms with Gasteiger partial charge < -0.3 is 14.5 Å². The molecule has 0 spiro atoms. The van der Waals surface area contributed by atoms with Gasteiger partial charge >= 0.3 is 5.97 Å². The summed E-state index contributed by atoms with van der Waals surface area (Å²) in [6.45, 7) is 3.52. The summed E-state index contributed by atoms with van der Waals surface area (Å²) >= 11 is 12.4. The molecule has 0 unspecified atom stereocenters. The van der Waals surface area contributed by atoms with Gasteiger partial charge in [0.25, 0.3) is 5.91 Å². The number of esters is 1. The average Bonchev–Trinajstić information content (AvgIpc) is 3.11. The first kappa shape index (κ1) is 23.1. The molecule has 1 aliphatic heterocycles. The van der Waals surface area contributed by atoms with Crippen molar-refractivity contribution < 1.29 is 18.7 Å². The first-order valence-corrected chi connectivity index (χ1v) is 11.1. The van der Waals surface area contributed by atoms with Gasteiger partial charge in [-0.3, -0.25) is 4.79 Å². The van der Waals surface area contributed by atoms with E-state index >= 15 is 0 Å². The lowest BCUT2D eigenvalue weighted by molar-refractivity contribution is -0.134. The molecule has 1 aromatic heterocycles. The number of carbonyl (C=O) groups excluding carboxylic acids is 2. The third-order valence-electron chi connectivity index (χ3n) is 5.41. The van der Waals surface area contributed by atoms with Crippen LogP contribution in [0.1, 0.15) is 16.1 Å². The normalized spacial score (nSPS) is 13.8. The number of piperazine rings is 1. The molecule has 10 heteroatoms. The summed E-state index contributed by atoms with van der Waals surface area (Å²) in [5, 5.41) is 4.94. The molecular formula is C23H21Cl2FN4O3. The maximum atomic E-state index is 13.2. The summed E-state index contributed by atoms with van der Waals surface area (Å²) < 4.78 is 19.8. The summed E-state index contributed by atoms with van der Waals surface area (Å²) in [5.41, 5.74) is 1.91. The highest BCUT2D eigenvalue weighted by Gasteiger charge is 2.26. The Morgan fingerprint density at radius 2 is 1.73 bits per heavy atom. The third kappa shape index (κ3) is 5.12. The summed E-state index contributed by atoms with van der Waals surface area (Å²) in [6, 6.07) is 13.1. The van der Waals surface area contributed by atoms with E-state index in [9.17, 15) is 14.0 Å². The second-order valence-corrected chi connectivity index (χ2v) is 8.36. The number of aryl methyl sites for hydroxylation is 1. The fourth-order valence-electron chi connectivity index (χ4n) is 3.66. The maximum Gasteiger partial charge on any atom is 0.343 e. The van der Waals surface area contributed by atoms with Crippen molar-refractivity contribution in [2.24, 2.45) is 0 Å². The smallest absolute Gasteiger partial charge is 0.343 e. The molecule has 172 valence electrons. The van der Waals surface area contributed by atoms with Gasteiger partial charge in [-0.2, -0.15) is 5.10 Å². The Hall–Kier alpha value is -3.10. The predicted molar refractivity (Wildman–Crippen MR) is 124 cm³/mol. The first-order valence-electron chi connectivity index (χ1n) is 10.3. The second-order valence-electron chi connectivity index (χ2n) is 7.56. The van der Waals surface area contributed by atoms with Gasteiger partial charge in [0.2, 0.25) is 0 Å². The van der Waals surface area contributed by atoms with Crippen LogP contribution in [0.3, 0.4) is 0 Å². The minimum atomic E-state index is -0.739. The third-order valence-corrected chi connectivity index (χ3v) is 6.00. The zero-order chi connectivity index (χ0) is 23.5. The monoisotopic (exact) mass is 490 g/mol. The number of ether oxygens (including phenoxy) is 1. The van der Waals surface area contributed by atoms with Gasteiger partial charge in [0.15, 0.2) is 6.61 Å². The van der Waals surface area contributed by atoms with Crippen molar-refractivity contribution in [3.8, 4) is 5.69 Å². The molecule has 0 saturated carbocycles. The number of amides is 1. The summed E-state index contributed by atoms with van der Waals surface area (Å²) in [4.78, 5) is 29.0. The van der Waals surface area contributed by atoms with Crippen molar-refractivity contribution >= 4 is 40.8 Å². The van der Waals surface area contributed by atoms with E-state index < -0.39 is 18.4 Å². The van der Waals surface area contributed by atoms with Gasteiger partial charge in [0.05, 0.1) is 11.4 Å². The highest BCUT2D eigenvalue weighted by molar-refractivity contribution is 6.33. The topological polar surface area (TPSA) is 67.7 Å². The number of hydrogen-bond donors (Lipinski definition) is 0. The highest BCUT2D eigenvalue weighted by Crippen LogP contribution is 2.25. The average molecular weight is 491 g/mol. The summed E-state index contributed by atoms with van der Waals surface area (Å²) in [7, 11) is 0. The first-order chi connectivity index (χ1) is 15.8. The Morgan fingerprint density at radius 1 is 1.03 bits per heavy atom. The molecule has 2 heterocycles. The fraction of sp³-hybridized carbons (Fsp3) is 0.261. The number of nitrogens with zero attached hydrogens (tertiary/aromatic N) is 4. The maximum absolute atomic E-state index is 13.2. The predicted octanol–water partition coefficient (Wildman–Crippen LogP) is 4.13. The summed E-state index contributed by atoms with van der Waals surface area (Å²) in [6.07, 6.45) is 0. The minimum absolute atomic E-state index is 0.0340. The zero-order valence-electron chi connectivity index (χ0n) is 17.8. The standard InChI is InChI=1S/C23H21Cl2FN4O3/c1-15-21(22(25)30(27-15)18-7-5-17(26)6-8-18)23(32)33-14-20(31)29-11-9-28(10-12-29)19-4-2-3-16(24)13-19/h2-8,13H,9-12,14H2,1H3. The molecule has 0 bridgehead atoms. The van der Waals surface area contributed by atoms with Crippen LogP contribution in [0.25, 0.3) is 5.69 Å². The fourth-order valence-corrected chi connectivity index (χ4v) is 4.20. The lowest BCUT2D eigenvalue weighted by atomic mass is 10.2. The number of benzene rings is 2. The van der Waals surface area contributed by atoms with Crippen LogP contribution in [-0.2, 0) is 9.53 Å². The molecule has 0 N–H and O–H groups in total. The minimum Gasteiger partial charge on any atom is -0.452 e. The van der Waals surface area contributed by atoms with Gasteiger partial charge in [-0.15, -0.1) is 0 Å². The molecular weight excluding hydrogens is 470 g/mol. The van der Waals surface area contributed by atoms with Gasteiger partial charge in [-0.1, -0.05) is 29.3 Å². The van der Waals surface area contributed by atoms with E-state index in [1.807, 2.05) is 24.3 Å². The largest absolute Gasteiger partial charge is 0.452 e. The molecule has 33 heavy (non-hydrogen) atoms. The van der Waals surface area contributed by atoms with Gasteiger partial charge in [-0.25, -0.2) is 13.9 Å². The lowest BCUT2D eigenvalue weighted by Crippen LogP contribution is -2.49. The van der Waals surface area contributed by atoms with Crippen LogP contribution in [0.5, 0.6) is 0 Å². The zero-order valence-corrected chi connectivity index (χ0v) is 19.3. The molecule has 1 amide bonds. The SMILES string of the molecule is Cc1nn(-c2ccc(F)cc2)c(Cl)c1C(=O)OCC(=O)N1CCN(c2cccc(Cl)c2)CC1. The molecule has 1 fully saturated rings. The van der Waals surface area contributed by atoms with Crippen molar-refractivity contribution in [2.75, 3.05) is 37.7 Å². The molecule has 3 aromatic rings. The molecule has 4 rings (SSSR count). The number of halogens is 3. The Kier molecular flexibility index (Phi) is 6.85. The van der Waals surface area contributed by atoms with Crippen molar-refractivity contribution in [3.63, 3.8) is 0 Å². The Balaban J connectivity index is 1.34. The molecule has 1 aliphatic rings. The van der Waals surface area contributed by atoms with Gasteiger partial charge in [-0.05, 0) is 49.4 Å². The van der Waals surface area contributed by atoms with E-state index in [1.54, 1.807) is 11.8 Å². The van der Waals surface area contributed by atoms with Crippen molar-refractivity contribution in [1.82, 2.24) is 14.7 Å². The number of rotatable bonds is 5. The van der Waals surface area contributed by atoms with E-state index in [0.717, 1.165) is 5.69 Å². The molecule has 0 atom stereocenters. The highest BCUT2D eigenvalue weighted by atomic mass is 35.5. The second kappa shape index (κ2) is 9.80. The van der Waals surface area contributed by atoms with Crippen LogP contribution in [-0.4, -0.2) is 59.3 Å². The van der Waals surface area contributed by atoms with Crippen LogP contribution in [0.4, 0.5) is 10.1 Å². The number of aromatic nitrogens is 2. The Morgan fingerprint density at radius 3 is 2.39 bits per heavy atom. The van der Waals surface area contributed by atoms with Crippen molar-refractivity contribution in [3.05, 3.63) is 75.8 Å². The molecule has 0 radical (unpaired) electrons. The van der Waals surface area contributed by atoms with E-state index in [2.05, 4.69) is 10.00 Å². The molecule has 1 saturated heterocycles. The van der Waals surface area contributed by atoms with E-state index in [4.69, 9.17) is 27.9 Å². The molecule has 7 nitrogen and oxygen atoms in total. The van der Waals surface area contributed by atoms with Crippen molar-refractivity contribution in [2.45, 2.75) is 6.92 Å². The van der Waals surface area contributed by atoms with Crippen LogP contribution in [0.15, 0.2) is 48.5 Å². The Bertz CT molecular complexity index is 1170. The number of hydrogen-bond acceptors (Lipinski definition) is 5. The van der Waals surface area contributed by atoms with Crippen LogP contribution < -0.4 is 4.90 Å². The number of carbonyl (C=O) groups is 2. The van der Waals surface area contributed by atoms with E-state index in [1.165, 1.54) is 28.9 Å². The quantitative estimate of drug-likeness (QED) is 0.503. The lowest BCUT2D eigenvalue weighted by Gasteiger charge is -2.36. The van der Waals surface area contributed by atoms with Crippen molar-refractivity contribution in [1.29, 1.82) is 0 Å². The van der Waals surface area contributed by atoms with E-state index in [0.29, 0.717) is 42.6 Å². The van der Waals surface area contributed by atoms with Gasteiger partial charge in [0.1, 0.15) is 16.5 Å². The molecule has 2 aromatic carbocycles. The molecule has 0 aliphatic carbocycles. The Labute approximate surface area is 200 Å².